The first kappa shape index (κ1) is 17.7. The van der Waals surface area contributed by atoms with Gasteiger partial charge in [-0.2, -0.15) is 8.78 Å². The van der Waals surface area contributed by atoms with E-state index in [1.165, 1.54) is 19.2 Å². The molecule has 1 rings (SSSR count). The normalized spacial score (nSPS) is 11.3. The number of benzene rings is 1. The maximum atomic E-state index is 12.4. The molecule has 0 heterocycles. The van der Waals surface area contributed by atoms with E-state index < -0.39 is 12.6 Å². The molecule has 0 amide bonds. The van der Waals surface area contributed by atoms with Crippen molar-refractivity contribution in [2.75, 3.05) is 13.7 Å². The number of esters is 1. The van der Waals surface area contributed by atoms with E-state index >= 15 is 0 Å². The van der Waals surface area contributed by atoms with Crippen LogP contribution in [0.15, 0.2) is 18.2 Å². The van der Waals surface area contributed by atoms with E-state index in [0.29, 0.717) is 10.6 Å². The quantitative estimate of drug-likeness (QED) is 0.722. The number of rotatable bonds is 7. The van der Waals surface area contributed by atoms with Crippen LogP contribution in [0, 0.1) is 0 Å². The summed E-state index contributed by atoms with van der Waals surface area (Å²) in [7, 11) is 1.30. The highest BCUT2D eigenvalue weighted by Crippen LogP contribution is 2.26. The van der Waals surface area contributed by atoms with Gasteiger partial charge in [-0.3, -0.25) is 9.69 Å². The lowest BCUT2D eigenvalue weighted by Gasteiger charge is -2.26. The molecule has 0 N–H and O–H groups in total. The highest BCUT2D eigenvalue weighted by molar-refractivity contribution is 6.30. The van der Waals surface area contributed by atoms with Crippen LogP contribution in [0.2, 0.25) is 5.02 Å². The van der Waals surface area contributed by atoms with Crippen LogP contribution in [0.1, 0.15) is 19.4 Å². The monoisotopic (exact) mass is 321 g/mol. The van der Waals surface area contributed by atoms with E-state index in [-0.39, 0.29) is 24.9 Å². The van der Waals surface area contributed by atoms with E-state index in [9.17, 15) is 13.6 Å². The van der Waals surface area contributed by atoms with Crippen molar-refractivity contribution in [3.05, 3.63) is 28.8 Å². The molecule has 0 atom stereocenters. The van der Waals surface area contributed by atoms with E-state index in [4.69, 9.17) is 11.6 Å². The van der Waals surface area contributed by atoms with E-state index in [1.807, 2.05) is 13.8 Å². The first-order valence-electron chi connectivity index (χ1n) is 6.37. The van der Waals surface area contributed by atoms with Gasteiger partial charge in [-0.05, 0) is 32.0 Å². The zero-order valence-corrected chi connectivity index (χ0v) is 12.9. The minimum atomic E-state index is -2.92. The third kappa shape index (κ3) is 5.85. The SMILES string of the molecule is COC(=O)CN(Cc1cc(Cl)ccc1OC(F)F)C(C)C. The molecule has 0 radical (unpaired) electrons. The average Bonchev–Trinajstić information content (AvgIpc) is 2.40. The van der Waals surface area contributed by atoms with E-state index in [1.54, 1.807) is 11.0 Å². The van der Waals surface area contributed by atoms with Crippen molar-refractivity contribution in [2.45, 2.75) is 33.0 Å². The van der Waals surface area contributed by atoms with Crippen LogP contribution in [0.5, 0.6) is 5.75 Å². The number of carbonyl (C=O) groups excluding carboxylic acids is 1. The second kappa shape index (κ2) is 8.14. The summed E-state index contributed by atoms with van der Waals surface area (Å²) >= 11 is 5.90. The molecule has 21 heavy (non-hydrogen) atoms. The standard InChI is InChI=1S/C14H18ClF2NO3/c1-9(2)18(8-13(19)20-3)7-10-6-11(15)4-5-12(10)21-14(16)17/h4-6,9,14H,7-8H2,1-3H3. The second-order valence-corrected chi connectivity index (χ2v) is 5.14. The molecule has 0 saturated carbocycles. The Bertz CT molecular complexity index is 483. The Morgan fingerprint density at radius 2 is 2.05 bits per heavy atom. The predicted molar refractivity (Wildman–Crippen MR) is 75.6 cm³/mol. The van der Waals surface area contributed by atoms with Crippen molar-refractivity contribution in [2.24, 2.45) is 0 Å². The summed E-state index contributed by atoms with van der Waals surface area (Å²) < 4.78 is 33.9. The van der Waals surface area contributed by atoms with Crippen molar-refractivity contribution in [3.63, 3.8) is 0 Å². The zero-order chi connectivity index (χ0) is 16.0. The van der Waals surface area contributed by atoms with Crippen molar-refractivity contribution < 1.29 is 23.0 Å². The molecule has 0 spiro atoms. The Hall–Kier alpha value is -1.40. The minimum Gasteiger partial charge on any atom is -0.468 e. The van der Waals surface area contributed by atoms with Gasteiger partial charge in [-0.1, -0.05) is 11.6 Å². The van der Waals surface area contributed by atoms with Crippen molar-refractivity contribution >= 4 is 17.6 Å². The van der Waals surface area contributed by atoms with Gasteiger partial charge in [-0.15, -0.1) is 0 Å². The lowest BCUT2D eigenvalue weighted by atomic mass is 10.1. The largest absolute Gasteiger partial charge is 0.468 e. The van der Waals surface area contributed by atoms with Gasteiger partial charge in [0, 0.05) is 23.2 Å². The van der Waals surface area contributed by atoms with Gasteiger partial charge < -0.3 is 9.47 Å². The summed E-state index contributed by atoms with van der Waals surface area (Å²) in [6, 6.07) is 4.43. The number of ether oxygens (including phenoxy) is 2. The first-order valence-corrected chi connectivity index (χ1v) is 6.75. The Morgan fingerprint density at radius 3 is 2.57 bits per heavy atom. The van der Waals surface area contributed by atoms with Crippen LogP contribution >= 0.6 is 11.6 Å². The summed E-state index contributed by atoms with van der Waals surface area (Å²) in [4.78, 5) is 13.2. The number of alkyl halides is 2. The lowest BCUT2D eigenvalue weighted by Crippen LogP contribution is -2.35. The minimum absolute atomic E-state index is 0.0162. The molecule has 0 saturated heterocycles. The summed E-state index contributed by atoms with van der Waals surface area (Å²) in [5.41, 5.74) is 0.486. The summed E-state index contributed by atoms with van der Waals surface area (Å²) in [5.74, 6) is -0.355. The molecular weight excluding hydrogens is 304 g/mol. The molecule has 1 aromatic carbocycles. The van der Waals surface area contributed by atoms with Gasteiger partial charge in [-0.25, -0.2) is 0 Å². The van der Waals surface area contributed by atoms with Crippen molar-refractivity contribution in [1.82, 2.24) is 4.90 Å². The molecule has 0 unspecified atom stereocenters. The van der Waals surface area contributed by atoms with E-state index in [2.05, 4.69) is 9.47 Å². The number of nitrogens with zero attached hydrogens (tertiary/aromatic N) is 1. The van der Waals surface area contributed by atoms with Crippen LogP contribution in [-0.4, -0.2) is 37.2 Å². The number of hydrogen-bond donors (Lipinski definition) is 0. The highest BCUT2D eigenvalue weighted by Gasteiger charge is 2.18. The Balaban J connectivity index is 2.96. The Kier molecular flexibility index (Phi) is 6.84. The topological polar surface area (TPSA) is 38.8 Å². The molecule has 0 bridgehead atoms. The summed E-state index contributed by atoms with van der Waals surface area (Å²) in [5, 5.41) is 0.411. The van der Waals surface area contributed by atoms with Gasteiger partial charge in [0.1, 0.15) is 5.75 Å². The van der Waals surface area contributed by atoms with Gasteiger partial charge in [0.2, 0.25) is 0 Å². The number of hydrogen-bond acceptors (Lipinski definition) is 4. The molecule has 0 aromatic heterocycles. The molecule has 4 nitrogen and oxygen atoms in total. The summed E-state index contributed by atoms with van der Waals surface area (Å²) in [6.45, 7) is 1.16. The smallest absolute Gasteiger partial charge is 0.387 e. The third-order valence-corrected chi connectivity index (χ3v) is 3.14. The summed E-state index contributed by atoms with van der Waals surface area (Å²) in [6.07, 6.45) is 0. The van der Waals surface area contributed by atoms with Crippen LogP contribution < -0.4 is 4.74 Å². The maximum Gasteiger partial charge on any atom is 0.387 e. The lowest BCUT2D eigenvalue weighted by molar-refractivity contribution is -0.142. The fraction of sp³-hybridized carbons (Fsp3) is 0.500. The molecular formula is C14H18ClF2NO3. The van der Waals surface area contributed by atoms with Crippen LogP contribution in [-0.2, 0) is 16.1 Å². The fourth-order valence-corrected chi connectivity index (χ4v) is 1.95. The Labute approximate surface area is 127 Å². The number of methoxy groups -OCH3 is 1. The molecule has 0 aliphatic heterocycles. The predicted octanol–water partition coefficient (Wildman–Crippen LogP) is 3.32. The van der Waals surface area contributed by atoms with Crippen molar-refractivity contribution in [3.8, 4) is 5.75 Å². The van der Waals surface area contributed by atoms with Gasteiger partial charge in [0.15, 0.2) is 0 Å². The molecule has 0 aliphatic carbocycles. The second-order valence-electron chi connectivity index (χ2n) is 4.71. The molecule has 118 valence electrons. The van der Waals surface area contributed by atoms with E-state index in [0.717, 1.165) is 0 Å². The average molecular weight is 322 g/mol. The number of halogens is 3. The highest BCUT2D eigenvalue weighted by atomic mass is 35.5. The number of carbonyl (C=O) groups is 1. The molecule has 7 heteroatoms. The van der Waals surface area contributed by atoms with Gasteiger partial charge in [0.05, 0.1) is 13.7 Å². The van der Waals surface area contributed by atoms with Crippen LogP contribution in [0.4, 0.5) is 8.78 Å². The third-order valence-electron chi connectivity index (χ3n) is 2.90. The Morgan fingerprint density at radius 1 is 1.38 bits per heavy atom. The molecule has 0 fully saturated rings. The molecule has 0 aliphatic rings. The van der Waals surface area contributed by atoms with Crippen LogP contribution in [0.25, 0.3) is 0 Å². The van der Waals surface area contributed by atoms with Crippen molar-refractivity contribution in [1.29, 1.82) is 0 Å². The first-order chi connectivity index (χ1) is 9.83. The fourth-order valence-electron chi connectivity index (χ4n) is 1.75. The maximum absolute atomic E-state index is 12.4. The molecule has 1 aromatic rings. The van der Waals surface area contributed by atoms with Gasteiger partial charge >= 0.3 is 12.6 Å². The van der Waals surface area contributed by atoms with Crippen LogP contribution in [0.3, 0.4) is 0 Å². The zero-order valence-electron chi connectivity index (χ0n) is 12.1. The van der Waals surface area contributed by atoms with Gasteiger partial charge in [0.25, 0.3) is 0 Å².